The zero-order chi connectivity index (χ0) is 14.6. The summed E-state index contributed by atoms with van der Waals surface area (Å²) in [6, 6.07) is 0.704. The lowest BCUT2D eigenvalue weighted by atomic mass is 9.81. The normalized spacial score (nSPS) is 27.3. The summed E-state index contributed by atoms with van der Waals surface area (Å²) in [7, 11) is 0. The minimum atomic E-state index is 0.387. The van der Waals surface area contributed by atoms with E-state index in [0.717, 1.165) is 0 Å². The Hall–Kier alpha value is -0.0800. The van der Waals surface area contributed by atoms with Crippen LogP contribution in [0, 0.1) is 5.41 Å². The second-order valence-corrected chi connectivity index (χ2v) is 8.28. The number of hydrogen-bond donors (Lipinski definition) is 1. The molecule has 2 rings (SSSR count). The van der Waals surface area contributed by atoms with Crippen molar-refractivity contribution >= 4 is 0 Å². The van der Waals surface area contributed by atoms with Crippen LogP contribution in [-0.4, -0.2) is 36.1 Å². The molecule has 0 radical (unpaired) electrons. The Kier molecular flexibility index (Phi) is 5.53. The Bertz CT molecular complexity index is 286. The van der Waals surface area contributed by atoms with Gasteiger partial charge in [0, 0.05) is 24.7 Å². The highest BCUT2D eigenvalue weighted by Crippen LogP contribution is 2.36. The van der Waals surface area contributed by atoms with E-state index >= 15 is 0 Å². The molecule has 1 aliphatic carbocycles. The molecule has 1 atom stereocenters. The molecule has 1 N–H and O–H groups in total. The maximum Gasteiger partial charge on any atom is 0.0309 e. The number of nitrogens with one attached hydrogen (secondary N) is 1. The summed E-state index contributed by atoms with van der Waals surface area (Å²) in [6.07, 6.45) is 11.2. The van der Waals surface area contributed by atoms with Gasteiger partial charge in [0.2, 0.25) is 0 Å². The van der Waals surface area contributed by atoms with Gasteiger partial charge in [-0.05, 0) is 31.2 Å². The Morgan fingerprint density at radius 2 is 1.80 bits per heavy atom. The van der Waals surface area contributed by atoms with Crippen molar-refractivity contribution in [1.82, 2.24) is 10.2 Å². The molecule has 2 aliphatic rings. The quantitative estimate of drug-likeness (QED) is 0.759. The predicted molar refractivity (Wildman–Crippen MR) is 88.2 cm³/mol. The summed E-state index contributed by atoms with van der Waals surface area (Å²) in [6.45, 7) is 13.3. The molecule has 2 fully saturated rings. The Morgan fingerprint density at radius 1 is 1.10 bits per heavy atom. The lowest BCUT2D eigenvalue weighted by molar-refractivity contribution is 0.0227. The molecule has 2 nitrogen and oxygen atoms in total. The van der Waals surface area contributed by atoms with Crippen LogP contribution in [0.25, 0.3) is 0 Å². The summed E-state index contributed by atoms with van der Waals surface area (Å²) in [5.74, 6) is 0. The van der Waals surface area contributed by atoms with Crippen LogP contribution in [-0.2, 0) is 0 Å². The predicted octanol–water partition coefficient (Wildman–Crippen LogP) is 4.20. The van der Waals surface area contributed by atoms with Crippen LogP contribution in [0.4, 0.5) is 0 Å². The number of hydrogen-bond acceptors (Lipinski definition) is 2. The molecule has 20 heavy (non-hydrogen) atoms. The fourth-order valence-electron chi connectivity index (χ4n) is 4.21. The molecular formula is C18H36N2. The minimum Gasteiger partial charge on any atom is -0.308 e. The van der Waals surface area contributed by atoms with Crippen molar-refractivity contribution in [2.45, 2.75) is 90.6 Å². The lowest BCUT2D eigenvalue weighted by Gasteiger charge is -2.51. The zero-order valence-corrected chi connectivity index (χ0v) is 14.3. The topological polar surface area (TPSA) is 15.3 Å². The standard InChI is InChI=1S/C18H36N2/c1-5-6-7-10-13-20-15-18(11-8-9-12-18)19-14-16(20)17(2,3)4/h16,19H,5-15H2,1-4H3. The van der Waals surface area contributed by atoms with Crippen molar-refractivity contribution in [2.75, 3.05) is 19.6 Å². The van der Waals surface area contributed by atoms with Crippen molar-refractivity contribution in [3.8, 4) is 0 Å². The van der Waals surface area contributed by atoms with E-state index in [9.17, 15) is 0 Å². The molecule has 1 heterocycles. The van der Waals surface area contributed by atoms with Gasteiger partial charge >= 0.3 is 0 Å². The number of rotatable bonds is 5. The molecule has 0 aromatic heterocycles. The van der Waals surface area contributed by atoms with Gasteiger partial charge in [-0.15, -0.1) is 0 Å². The van der Waals surface area contributed by atoms with E-state index in [0.29, 0.717) is 17.0 Å². The lowest BCUT2D eigenvalue weighted by Crippen LogP contribution is -2.66. The van der Waals surface area contributed by atoms with Gasteiger partial charge in [0.1, 0.15) is 0 Å². The first-order chi connectivity index (χ1) is 9.47. The molecule has 0 aromatic carbocycles. The van der Waals surface area contributed by atoms with Crippen LogP contribution in [0.15, 0.2) is 0 Å². The van der Waals surface area contributed by atoms with Crippen LogP contribution in [0.1, 0.15) is 79.1 Å². The molecule has 0 amide bonds. The highest BCUT2D eigenvalue weighted by Gasteiger charge is 2.43. The first-order valence-electron chi connectivity index (χ1n) is 8.96. The van der Waals surface area contributed by atoms with E-state index < -0.39 is 0 Å². The van der Waals surface area contributed by atoms with E-state index in [1.165, 1.54) is 71.0 Å². The monoisotopic (exact) mass is 280 g/mol. The van der Waals surface area contributed by atoms with Gasteiger partial charge in [0.25, 0.3) is 0 Å². The van der Waals surface area contributed by atoms with Crippen LogP contribution in [0.3, 0.4) is 0 Å². The maximum absolute atomic E-state index is 3.94. The molecule has 1 saturated heterocycles. The third-order valence-corrected chi connectivity index (χ3v) is 5.48. The van der Waals surface area contributed by atoms with Crippen molar-refractivity contribution in [3.63, 3.8) is 0 Å². The highest BCUT2D eigenvalue weighted by molar-refractivity contribution is 5.03. The van der Waals surface area contributed by atoms with E-state index in [2.05, 4.69) is 37.9 Å². The molecule has 1 unspecified atom stereocenters. The van der Waals surface area contributed by atoms with Crippen molar-refractivity contribution < 1.29 is 0 Å². The summed E-state index contributed by atoms with van der Waals surface area (Å²) in [5.41, 5.74) is 0.852. The SMILES string of the molecule is CCCCCCN1CC2(CCCC2)NCC1C(C)(C)C. The van der Waals surface area contributed by atoms with Gasteiger partial charge in [0.05, 0.1) is 0 Å². The number of unbranched alkanes of at least 4 members (excludes halogenated alkanes) is 3. The van der Waals surface area contributed by atoms with Crippen molar-refractivity contribution in [1.29, 1.82) is 0 Å². The van der Waals surface area contributed by atoms with Crippen molar-refractivity contribution in [3.05, 3.63) is 0 Å². The fourth-order valence-corrected chi connectivity index (χ4v) is 4.21. The van der Waals surface area contributed by atoms with Crippen molar-refractivity contribution in [2.24, 2.45) is 5.41 Å². The van der Waals surface area contributed by atoms with Crippen LogP contribution >= 0.6 is 0 Å². The van der Waals surface area contributed by atoms with E-state index in [-0.39, 0.29) is 0 Å². The smallest absolute Gasteiger partial charge is 0.0309 e. The molecule has 1 aliphatic heterocycles. The number of nitrogens with zero attached hydrogens (tertiary/aromatic N) is 1. The molecule has 0 bridgehead atoms. The third kappa shape index (κ3) is 3.98. The summed E-state index contributed by atoms with van der Waals surface area (Å²) in [4.78, 5) is 2.83. The summed E-state index contributed by atoms with van der Waals surface area (Å²) >= 11 is 0. The van der Waals surface area contributed by atoms with Gasteiger partial charge in [-0.3, -0.25) is 4.90 Å². The summed E-state index contributed by atoms with van der Waals surface area (Å²) < 4.78 is 0. The maximum atomic E-state index is 3.94. The molecule has 2 heteroatoms. The van der Waals surface area contributed by atoms with E-state index in [1.54, 1.807) is 0 Å². The summed E-state index contributed by atoms with van der Waals surface area (Å²) in [5, 5.41) is 3.94. The average molecular weight is 280 g/mol. The Balaban J connectivity index is 1.95. The molecule has 0 aromatic rings. The van der Waals surface area contributed by atoms with Gasteiger partial charge < -0.3 is 5.32 Å². The Morgan fingerprint density at radius 3 is 2.40 bits per heavy atom. The largest absolute Gasteiger partial charge is 0.308 e. The second-order valence-electron chi connectivity index (χ2n) is 8.28. The number of piperazine rings is 1. The molecular weight excluding hydrogens is 244 g/mol. The first-order valence-corrected chi connectivity index (χ1v) is 8.96. The van der Waals surface area contributed by atoms with Gasteiger partial charge in [-0.2, -0.15) is 0 Å². The molecule has 1 spiro atoms. The third-order valence-electron chi connectivity index (χ3n) is 5.48. The minimum absolute atomic E-state index is 0.387. The highest BCUT2D eigenvalue weighted by atomic mass is 15.3. The van der Waals surface area contributed by atoms with E-state index in [1.807, 2.05) is 0 Å². The second kappa shape index (κ2) is 6.79. The van der Waals surface area contributed by atoms with Gasteiger partial charge in [-0.25, -0.2) is 0 Å². The zero-order valence-electron chi connectivity index (χ0n) is 14.3. The van der Waals surface area contributed by atoms with Gasteiger partial charge in [-0.1, -0.05) is 59.8 Å². The van der Waals surface area contributed by atoms with Crippen LogP contribution < -0.4 is 5.32 Å². The van der Waals surface area contributed by atoms with Crippen LogP contribution in [0.5, 0.6) is 0 Å². The van der Waals surface area contributed by atoms with E-state index in [4.69, 9.17) is 0 Å². The first kappa shape index (κ1) is 16.3. The van der Waals surface area contributed by atoms with Crippen LogP contribution in [0.2, 0.25) is 0 Å². The molecule has 118 valence electrons. The van der Waals surface area contributed by atoms with Gasteiger partial charge in [0.15, 0.2) is 0 Å². The molecule has 1 saturated carbocycles. The fraction of sp³-hybridized carbons (Fsp3) is 1.00. The Labute approximate surface area is 126 Å². The average Bonchev–Trinajstić information content (AvgIpc) is 2.81.